The van der Waals surface area contributed by atoms with Crippen LogP contribution < -0.4 is 4.74 Å². The monoisotopic (exact) mass is 349 g/mol. The molecule has 120 valence electrons. The summed E-state index contributed by atoms with van der Waals surface area (Å²) in [6, 6.07) is 9.10. The highest BCUT2D eigenvalue weighted by Gasteiger charge is 2.19. The molecule has 0 atom stereocenters. The normalized spacial score (nSPS) is 10.2. The third kappa shape index (κ3) is 4.68. The van der Waals surface area contributed by atoms with E-state index in [9.17, 15) is 4.79 Å². The molecule has 0 aliphatic carbocycles. The number of aromatic nitrogens is 1. The van der Waals surface area contributed by atoms with Crippen molar-refractivity contribution in [2.24, 2.45) is 0 Å². The first-order valence-electron chi connectivity index (χ1n) is 6.98. The van der Waals surface area contributed by atoms with Crippen LogP contribution in [0.4, 0.5) is 0 Å². The Bertz CT molecular complexity index is 722. The van der Waals surface area contributed by atoms with Crippen molar-refractivity contribution >= 4 is 28.8 Å². The third-order valence-electron chi connectivity index (χ3n) is 3.12. The molecule has 2 aromatic rings. The standard InChI is InChI=1S/C16H16ClN3O2S/c1-11-15(16(21)20(2)9-3-8-18)23-14(19-11)10-22-13-6-4-12(17)5-7-13/h4-7H,3,9-10H2,1-2H3. The number of nitrogens with zero attached hydrogens (tertiary/aromatic N) is 3. The molecule has 0 spiro atoms. The average molecular weight is 350 g/mol. The summed E-state index contributed by atoms with van der Waals surface area (Å²) in [6.07, 6.45) is 0.312. The maximum atomic E-state index is 12.3. The van der Waals surface area contributed by atoms with Gasteiger partial charge in [-0.25, -0.2) is 4.98 Å². The number of nitriles is 1. The van der Waals surface area contributed by atoms with Crippen molar-refractivity contribution in [1.82, 2.24) is 9.88 Å². The average Bonchev–Trinajstić information content (AvgIpc) is 2.92. The predicted octanol–water partition coefficient (Wildman–Crippen LogP) is 3.67. The smallest absolute Gasteiger partial charge is 0.265 e. The van der Waals surface area contributed by atoms with E-state index in [1.807, 2.05) is 6.07 Å². The van der Waals surface area contributed by atoms with Gasteiger partial charge in [-0.2, -0.15) is 5.26 Å². The number of amides is 1. The number of hydrogen-bond acceptors (Lipinski definition) is 5. The van der Waals surface area contributed by atoms with Crippen LogP contribution >= 0.6 is 22.9 Å². The first-order valence-corrected chi connectivity index (χ1v) is 8.17. The van der Waals surface area contributed by atoms with Gasteiger partial charge in [-0.05, 0) is 31.2 Å². The van der Waals surface area contributed by atoms with Gasteiger partial charge < -0.3 is 9.64 Å². The molecule has 1 aromatic heterocycles. The summed E-state index contributed by atoms with van der Waals surface area (Å²) < 4.78 is 5.64. The highest BCUT2D eigenvalue weighted by molar-refractivity contribution is 7.13. The molecule has 0 aliphatic rings. The Kier molecular flexibility index (Phi) is 5.97. The number of thiazole rings is 1. The zero-order valence-electron chi connectivity index (χ0n) is 12.9. The van der Waals surface area contributed by atoms with Crippen molar-refractivity contribution in [3.63, 3.8) is 0 Å². The van der Waals surface area contributed by atoms with E-state index < -0.39 is 0 Å². The fourth-order valence-electron chi connectivity index (χ4n) is 1.88. The largest absolute Gasteiger partial charge is 0.486 e. The number of benzene rings is 1. The molecular formula is C16H16ClN3O2S. The highest BCUT2D eigenvalue weighted by Crippen LogP contribution is 2.22. The minimum atomic E-state index is -0.118. The van der Waals surface area contributed by atoms with Gasteiger partial charge in [-0.3, -0.25) is 4.79 Å². The second-order valence-electron chi connectivity index (χ2n) is 4.90. The summed E-state index contributed by atoms with van der Waals surface area (Å²) in [4.78, 5) is 18.8. The highest BCUT2D eigenvalue weighted by atomic mass is 35.5. The molecule has 0 fully saturated rings. The van der Waals surface area contributed by atoms with Crippen LogP contribution in [0.5, 0.6) is 5.75 Å². The van der Waals surface area contributed by atoms with Crippen molar-refractivity contribution in [2.45, 2.75) is 20.0 Å². The minimum Gasteiger partial charge on any atom is -0.486 e. The molecule has 0 unspecified atom stereocenters. The molecule has 0 N–H and O–H groups in total. The zero-order valence-corrected chi connectivity index (χ0v) is 14.4. The molecule has 0 saturated carbocycles. The SMILES string of the molecule is Cc1nc(COc2ccc(Cl)cc2)sc1C(=O)N(C)CCC#N. The van der Waals surface area contributed by atoms with E-state index in [0.29, 0.717) is 40.9 Å². The van der Waals surface area contributed by atoms with Crippen molar-refractivity contribution in [3.8, 4) is 11.8 Å². The van der Waals surface area contributed by atoms with E-state index >= 15 is 0 Å². The molecule has 0 bridgehead atoms. The Morgan fingerprint density at radius 2 is 2.13 bits per heavy atom. The Morgan fingerprint density at radius 3 is 2.78 bits per heavy atom. The lowest BCUT2D eigenvalue weighted by Crippen LogP contribution is -2.27. The maximum Gasteiger partial charge on any atom is 0.265 e. The summed E-state index contributed by atoms with van der Waals surface area (Å²) in [5.41, 5.74) is 0.679. The summed E-state index contributed by atoms with van der Waals surface area (Å²) in [6.45, 7) is 2.50. The Labute approximate surface area is 144 Å². The van der Waals surface area contributed by atoms with Crippen LogP contribution in [-0.4, -0.2) is 29.4 Å². The van der Waals surface area contributed by atoms with Crippen LogP contribution in [0.3, 0.4) is 0 Å². The fourth-order valence-corrected chi connectivity index (χ4v) is 2.98. The fraction of sp³-hybridized carbons (Fsp3) is 0.312. The van der Waals surface area contributed by atoms with Crippen molar-refractivity contribution in [2.75, 3.05) is 13.6 Å². The van der Waals surface area contributed by atoms with E-state index in [4.69, 9.17) is 21.6 Å². The second kappa shape index (κ2) is 7.95. The van der Waals surface area contributed by atoms with E-state index in [-0.39, 0.29) is 5.91 Å². The number of halogens is 1. The number of rotatable bonds is 6. The first-order chi connectivity index (χ1) is 11.0. The topological polar surface area (TPSA) is 66.2 Å². The van der Waals surface area contributed by atoms with E-state index in [1.54, 1.807) is 38.2 Å². The van der Waals surface area contributed by atoms with Crippen LogP contribution in [0, 0.1) is 18.3 Å². The van der Waals surface area contributed by atoms with Crippen LogP contribution in [0.25, 0.3) is 0 Å². The van der Waals surface area contributed by atoms with Gasteiger partial charge in [0.25, 0.3) is 5.91 Å². The van der Waals surface area contributed by atoms with E-state index in [1.165, 1.54) is 16.2 Å². The molecule has 1 aromatic carbocycles. The Hall–Kier alpha value is -2.10. The van der Waals surface area contributed by atoms with Crippen molar-refractivity contribution in [3.05, 3.63) is 44.9 Å². The molecule has 7 heteroatoms. The van der Waals surface area contributed by atoms with Crippen LogP contribution in [0.2, 0.25) is 5.02 Å². The molecule has 5 nitrogen and oxygen atoms in total. The molecule has 0 radical (unpaired) electrons. The van der Waals surface area contributed by atoms with Crippen LogP contribution in [0.15, 0.2) is 24.3 Å². The summed E-state index contributed by atoms with van der Waals surface area (Å²) >= 11 is 7.14. The maximum absolute atomic E-state index is 12.3. The third-order valence-corrected chi connectivity index (χ3v) is 4.49. The number of hydrogen-bond donors (Lipinski definition) is 0. The van der Waals surface area contributed by atoms with E-state index in [2.05, 4.69) is 4.98 Å². The molecule has 2 rings (SSSR count). The summed E-state index contributed by atoms with van der Waals surface area (Å²) in [5.74, 6) is 0.578. The first kappa shape index (κ1) is 17.3. The Morgan fingerprint density at radius 1 is 1.43 bits per heavy atom. The van der Waals surface area contributed by atoms with Crippen molar-refractivity contribution in [1.29, 1.82) is 5.26 Å². The Balaban J connectivity index is 2.01. The van der Waals surface area contributed by atoms with Gasteiger partial charge in [0.15, 0.2) is 0 Å². The lowest BCUT2D eigenvalue weighted by atomic mass is 10.3. The van der Waals surface area contributed by atoms with E-state index in [0.717, 1.165) is 5.01 Å². The van der Waals surface area contributed by atoms with Gasteiger partial charge in [0.1, 0.15) is 22.2 Å². The van der Waals surface area contributed by atoms with Gasteiger partial charge in [0.2, 0.25) is 0 Å². The minimum absolute atomic E-state index is 0.118. The molecule has 1 amide bonds. The zero-order chi connectivity index (χ0) is 16.8. The van der Waals surface area contributed by atoms with Crippen LogP contribution in [-0.2, 0) is 6.61 Å². The molecule has 1 heterocycles. The summed E-state index contributed by atoms with van der Waals surface area (Å²) in [5, 5.41) is 9.98. The number of carbonyl (C=O) groups is 1. The lowest BCUT2D eigenvalue weighted by molar-refractivity contribution is 0.0802. The number of ether oxygens (including phenoxy) is 1. The van der Waals surface area contributed by atoms with Gasteiger partial charge in [-0.15, -0.1) is 11.3 Å². The molecule has 0 aliphatic heterocycles. The van der Waals surface area contributed by atoms with Gasteiger partial charge in [0.05, 0.1) is 18.2 Å². The molecular weight excluding hydrogens is 334 g/mol. The quantitative estimate of drug-likeness (QED) is 0.798. The summed E-state index contributed by atoms with van der Waals surface area (Å²) in [7, 11) is 1.68. The van der Waals surface area contributed by atoms with Crippen LogP contribution in [0.1, 0.15) is 26.8 Å². The van der Waals surface area contributed by atoms with Gasteiger partial charge in [-0.1, -0.05) is 11.6 Å². The number of aryl methyl sites for hydroxylation is 1. The molecule has 23 heavy (non-hydrogen) atoms. The van der Waals surface area contributed by atoms with Gasteiger partial charge in [0, 0.05) is 18.6 Å². The second-order valence-corrected chi connectivity index (χ2v) is 6.42. The lowest BCUT2D eigenvalue weighted by Gasteiger charge is -2.14. The van der Waals surface area contributed by atoms with Gasteiger partial charge >= 0.3 is 0 Å². The predicted molar refractivity (Wildman–Crippen MR) is 89.8 cm³/mol. The van der Waals surface area contributed by atoms with Crippen molar-refractivity contribution < 1.29 is 9.53 Å². The number of carbonyl (C=O) groups excluding carboxylic acids is 1. The molecule has 0 saturated heterocycles.